The molecule has 14 heavy (non-hydrogen) atoms. The van der Waals surface area contributed by atoms with Gasteiger partial charge in [0.15, 0.2) is 0 Å². The zero-order valence-electron chi connectivity index (χ0n) is 8.33. The van der Waals surface area contributed by atoms with E-state index in [-0.39, 0.29) is 0 Å². The van der Waals surface area contributed by atoms with Crippen molar-refractivity contribution in [2.24, 2.45) is 0 Å². The maximum absolute atomic E-state index is 5.88. The molecule has 0 spiro atoms. The number of nitrogens with two attached hydrogens (primary N) is 1. The first kappa shape index (κ1) is 9.81. The van der Waals surface area contributed by atoms with Crippen LogP contribution in [0.25, 0.3) is 0 Å². The van der Waals surface area contributed by atoms with E-state index < -0.39 is 0 Å². The lowest BCUT2D eigenvalue weighted by atomic mass is 10.1. The van der Waals surface area contributed by atoms with Gasteiger partial charge in [-0.3, -0.25) is 4.90 Å². The highest BCUT2D eigenvalue weighted by atomic mass is 35.5. The Labute approximate surface area is 89.7 Å². The molecule has 0 unspecified atom stereocenters. The number of nitrogens with zero attached hydrogens (tertiary/aromatic N) is 1. The Morgan fingerprint density at radius 3 is 2.79 bits per heavy atom. The minimum atomic E-state index is 0.709. The van der Waals surface area contributed by atoms with E-state index in [2.05, 4.69) is 11.9 Å². The number of benzene rings is 1. The van der Waals surface area contributed by atoms with Crippen LogP contribution in [-0.4, -0.2) is 18.0 Å². The normalized spacial score (nSPS) is 16.2. The first-order chi connectivity index (χ1) is 6.66. The topological polar surface area (TPSA) is 29.3 Å². The van der Waals surface area contributed by atoms with E-state index in [1.807, 2.05) is 18.2 Å². The highest BCUT2D eigenvalue weighted by Gasteiger charge is 2.26. The van der Waals surface area contributed by atoms with E-state index in [9.17, 15) is 0 Å². The number of nitrogen functional groups attached to an aromatic ring is 1. The number of halogens is 1. The molecule has 1 saturated carbocycles. The summed E-state index contributed by atoms with van der Waals surface area (Å²) in [7, 11) is 2.14. The molecule has 3 heteroatoms. The van der Waals surface area contributed by atoms with E-state index in [4.69, 9.17) is 17.3 Å². The van der Waals surface area contributed by atoms with E-state index in [0.717, 1.165) is 18.3 Å². The SMILES string of the molecule is CN(Cc1ccc(Cl)cc1N)C1CC1. The molecular formula is C11H15ClN2. The minimum absolute atomic E-state index is 0.709. The lowest BCUT2D eigenvalue weighted by Gasteiger charge is -2.16. The molecule has 0 heterocycles. The predicted octanol–water partition coefficient (Wildman–Crippen LogP) is 2.52. The largest absolute Gasteiger partial charge is 0.398 e. The summed E-state index contributed by atoms with van der Waals surface area (Å²) in [6, 6.07) is 6.49. The number of hydrogen-bond acceptors (Lipinski definition) is 2. The Balaban J connectivity index is 2.07. The fourth-order valence-corrected chi connectivity index (χ4v) is 1.80. The van der Waals surface area contributed by atoms with Gasteiger partial charge in [-0.15, -0.1) is 0 Å². The molecule has 1 fully saturated rings. The summed E-state index contributed by atoms with van der Waals surface area (Å²) in [6.07, 6.45) is 2.65. The summed E-state index contributed by atoms with van der Waals surface area (Å²) >= 11 is 5.83. The van der Waals surface area contributed by atoms with Crippen LogP contribution in [0.1, 0.15) is 18.4 Å². The molecule has 1 aliphatic rings. The van der Waals surface area contributed by atoms with Gasteiger partial charge < -0.3 is 5.73 Å². The molecule has 0 aromatic heterocycles. The Morgan fingerprint density at radius 2 is 2.21 bits per heavy atom. The molecule has 0 radical (unpaired) electrons. The number of anilines is 1. The quantitative estimate of drug-likeness (QED) is 0.777. The highest BCUT2D eigenvalue weighted by Crippen LogP contribution is 2.28. The Morgan fingerprint density at radius 1 is 1.50 bits per heavy atom. The molecule has 1 aliphatic carbocycles. The van der Waals surface area contributed by atoms with E-state index >= 15 is 0 Å². The number of hydrogen-bond donors (Lipinski definition) is 1. The second kappa shape index (κ2) is 3.79. The monoisotopic (exact) mass is 210 g/mol. The van der Waals surface area contributed by atoms with Gasteiger partial charge >= 0.3 is 0 Å². The lowest BCUT2D eigenvalue weighted by molar-refractivity contribution is 0.317. The third-order valence-corrected chi connectivity index (χ3v) is 2.93. The van der Waals surface area contributed by atoms with Crippen molar-refractivity contribution >= 4 is 17.3 Å². The average Bonchev–Trinajstić information content (AvgIpc) is 2.92. The van der Waals surface area contributed by atoms with Gasteiger partial charge in [-0.25, -0.2) is 0 Å². The molecule has 2 rings (SSSR count). The molecule has 1 aromatic rings. The van der Waals surface area contributed by atoms with Crippen LogP contribution in [0.5, 0.6) is 0 Å². The first-order valence-corrected chi connectivity index (χ1v) is 5.29. The van der Waals surface area contributed by atoms with E-state index in [1.165, 1.54) is 18.4 Å². The zero-order valence-corrected chi connectivity index (χ0v) is 9.09. The molecule has 0 bridgehead atoms. The standard InChI is InChI=1S/C11H15ClN2/c1-14(10-4-5-10)7-8-2-3-9(12)6-11(8)13/h2-3,6,10H,4-5,7,13H2,1H3. The van der Waals surface area contributed by atoms with Crippen molar-refractivity contribution in [2.45, 2.75) is 25.4 Å². The summed E-state index contributed by atoms with van der Waals surface area (Å²) < 4.78 is 0. The van der Waals surface area contributed by atoms with Crippen molar-refractivity contribution in [1.29, 1.82) is 0 Å². The molecule has 1 aromatic carbocycles. The third-order valence-electron chi connectivity index (χ3n) is 2.70. The predicted molar refractivity (Wildman–Crippen MR) is 60.4 cm³/mol. The van der Waals surface area contributed by atoms with Crippen LogP contribution < -0.4 is 5.73 Å². The molecule has 76 valence electrons. The van der Waals surface area contributed by atoms with Gasteiger partial charge in [-0.1, -0.05) is 17.7 Å². The van der Waals surface area contributed by atoms with Crippen molar-refractivity contribution < 1.29 is 0 Å². The van der Waals surface area contributed by atoms with Crippen molar-refractivity contribution in [3.05, 3.63) is 28.8 Å². The molecule has 0 aliphatic heterocycles. The van der Waals surface area contributed by atoms with E-state index in [0.29, 0.717) is 5.02 Å². The zero-order chi connectivity index (χ0) is 10.1. The lowest BCUT2D eigenvalue weighted by Crippen LogP contribution is -2.20. The van der Waals surface area contributed by atoms with E-state index in [1.54, 1.807) is 0 Å². The summed E-state index contributed by atoms with van der Waals surface area (Å²) in [6.45, 7) is 0.924. The van der Waals surface area contributed by atoms with Crippen LogP contribution in [0.3, 0.4) is 0 Å². The molecule has 0 amide bonds. The van der Waals surface area contributed by atoms with Crippen LogP contribution in [0.15, 0.2) is 18.2 Å². The summed E-state index contributed by atoms with van der Waals surface area (Å²) in [5.74, 6) is 0. The highest BCUT2D eigenvalue weighted by molar-refractivity contribution is 6.30. The Kier molecular flexibility index (Phi) is 2.66. The Bertz CT molecular complexity index is 334. The molecule has 0 saturated heterocycles. The maximum Gasteiger partial charge on any atom is 0.0426 e. The van der Waals surface area contributed by atoms with Gasteiger partial charge in [0.05, 0.1) is 0 Å². The maximum atomic E-state index is 5.88. The number of rotatable bonds is 3. The van der Waals surface area contributed by atoms with Crippen molar-refractivity contribution in [3.8, 4) is 0 Å². The first-order valence-electron chi connectivity index (χ1n) is 4.91. The molecule has 2 N–H and O–H groups in total. The second-order valence-electron chi connectivity index (χ2n) is 3.99. The van der Waals surface area contributed by atoms with Gasteiger partial charge in [0.2, 0.25) is 0 Å². The average molecular weight is 211 g/mol. The van der Waals surface area contributed by atoms with Gasteiger partial charge in [-0.2, -0.15) is 0 Å². The fourth-order valence-electron chi connectivity index (χ4n) is 1.62. The fraction of sp³-hybridized carbons (Fsp3) is 0.455. The van der Waals surface area contributed by atoms with Gasteiger partial charge in [0, 0.05) is 23.3 Å². The molecule has 0 atom stereocenters. The van der Waals surface area contributed by atoms with Crippen LogP contribution in [0.4, 0.5) is 5.69 Å². The van der Waals surface area contributed by atoms with Gasteiger partial charge in [-0.05, 0) is 37.6 Å². The van der Waals surface area contributed by atoms with Crippen molar-refractivity contribution in [1.82, 2.24) is 4.90 Å². The summed E-state index contributed by atoms with van der Waals surface area (Å²) in [5, 5.41) is 0.709. The van der Waals surface area contributed by atoms with Crippen LogP contribution in [0, 0.1) is 0 Å². The van der Waals surface area contributed by atoms with Crippen LogP contribution in [0.2, 0.25) is 5.02 Å². The smallest absolute Gasteiger partial charge is 0.0426 e. The second-order valence-corrected chi connectivity index (χ2v) is 4.43. The van der Waals surface area contributed by atoms with Gasteiger partial charge in [0.25, 0.3) is 0 Å². The molecular weight excluding hydrogens is 196 g/mol. The van der Waals surface area contributed by atoms with Crippen LogP contribution in [-0.2, 0) is 6.54 Å². The van der Waals surface area contributed by atoms with Crippen molar-refractivity contribution in [2.75, 3.05) is 12.8 Å². The summed E-state index contributed by atoms with van der Waals surface area (Å²) in [5.41, 5.74) is 7.85. The third kappa shape index (κ3) is 2.20. The van der Waals surface area contributed by atoms with Crippen molar-refractivity contribution in [3.63, 3.8) is 0 Å². The van der Waals surface area contributed by atoms with Crippen LogP contribution >= 0.6 is 11.6 Å². The molecule has 2 nitrogen and oxygen atoms in total. The Hall–Kier alpha value is -0.730. The minimum Gasteiger partial charge on any atom is -0.398 e. The van der Waals surface area contributed by atoms with Gasteiger partial charge in [0.1, 0.15) is 0 Å². The summed E-state index contributed by atoms with van der Waals surface area (Å²) in [4.78, 5) is 2.35.